The highest BCUT2D eigenvalue weighted by Crippen LogP contribution is 2.54. The summed E-state index contributed by atoms with van der Waals surface area (Å²) in [6.07, 6.45) is 2.86. The Kier molecular flexibility index (Phi) is 16.9. The van der Waals surface area contributed by atoms with Crippen LogP contribution in [0.25, 0.3) is 0 Å². The number of ether oxygens (including phenoxy) is 4. The van der Waals surface area contributed by atoms with Gasteiger partial charge in [-0.15, -0.1) is 0 Å². The fraction of sp³-hybridized carbons (Fsp3) is 0.0500. The summed E-state index contributed by atoms with van der Waals surface area (Å²) in [5, 5.41) is 100.0. The third-order valence-corrected chi connectivity index (χ3v) is 17.1. The molecular formula is C80H56O16. The minimum absolute atomic E-state index is 0.107. The number of phenolic OH excluding ortho intramolecular Hbond substituents is 8. The zero-order valence-electron chi connectivity index (χ0n) is 50.6. The van der Waals surface area contributed by atoms with Gasteiger partial charge in [-0.3, -0.25) is 19.2 Å². The third-order valence-electron chi connectivity index (χ3n) is 17.1. The van der Waals surface area contributed by atoms with Crippen molar-refractivity contribution in [2.45, 2.75) is 23.7 Å². The number of phenols is 8. The van der Waals surface area contributed by atoms with Crippen LogP contribution in [0.1, 0.15) is 132 Å². The topological polar surface area (TPSA) is 267 Å². The zero-order valence-corrected chi connectivity index (χ0v) is 50.6. The molecule has 12 aromatic carbocycles. The molecule has 96 heavy (non-hydrogen) atoms. The quantitative estimate of drug-likeness (QED) is 0.0418. The molecule has 0 radical (unpaired) electrons. The first-order valence-corrected chi connectivity index (χ1v) is 30.2. The van der Waals surface area contributed by atoms with Crippen molar-refractivity contribution in [1.82, 2.24) is 0 Å². The van der Waals surface area contributed by atoms with Gasteiger partial charge in [0.15, 0.2) is 0 Å². The van der Waals surface area contributed by atoms with Crippen molar-refractivity contribution in [2.75, 3.05) is 0 Å². The molecule has 8 bridgehead atoms. The molecule has 16 nitrogen and oxygen atoms in total. The van der Waals surface area contributed by atoms with Gasteiger partial charge in [0, 0.05) is 115 Å². The number of fused-ring (bicyclic) bond motifs is 8. The van der Waals surface area contributed by atoms with Gasteiger partial charge < -0.3 is 59.8 Å². The molecule has 13 rings (SSSR count). The molecule has 1 aliphatic carbocycles. The van der Waals surface area contributed by atoms with Crippen molar-refractivity contribution in [1.29, 1.82) is 0 Å². The van der Waals surface area contributed by atoms with Crippen molar-refractivity contribution >= 4 is 25.1 Å². The van der Waals surface area contributed by atoms with Crippen molar-refractivity contribution in [2.24, 2.45) is 0 Å². The van der Waals surface area contributed by atoms with Crippen LogP contribution in [0.15, 0.2) is 243 Å². The van der Waals surface area contributed by atoms with E-state index in [4.69, 9.17) is 18.9 Å². The van der Waals surface area contributed by atoms with Crippen LogP contribution in [0.5, 0.6) is 92.0 Å². The summed E-state index contributed by atoms with van der Waals surface area (Å²) in [7, 11) is 0. The van der Waals surface area contributed by atoms with E-state index in [0.717, 1.165) is 24.3 Å². The van der Waals surface area contributed by atoms with E-state index in [1.54, 1.807) is 218 Å². The maximum absolute atomic E-state index is 12.5. The minimum atomic E-state index is -1.19. The minimum Gasteiger partial charge on any atom is -0.507 e. The van der Waals surface area contributed by atoms with Crippen LogP contribution in [-0.2, 0) is 0 Å². The number of carbonyl (C=O) groups is 4. The SMILES string of the molecule is O=Cc1ccc(Oc2ccc(C3c4cc(c(O)cc4O)C(c4ccc(Oc5ccc(C=O)cc5)cc4)c4cc(c(O)cc4O)C(c4ccc(Oc5ccc(C=O)cc5)cc4)c4cc(c(O)cc4O)C(c4ccc(Oc5ccc(C=O)cc5)cc4)c4cc3c(O)cc4O)cc2)cc1. The van der Waals surface area contributed by atoms with Crippen molar-refractivity contribution in [3.63, 3.8) is 0 Å². The van der Waals surface area contributed by atoms with Crippen LogP contribution in [-0.4, -0.2) is 66.0 Å². The Bertz CT molecular complexity index is 4170. The number of aldehydes is 4. The van der Waals surface area contributed by atoms with Crippen LogP contribution in [0, 0.1) is 0 Å². The predicted molar refractivity (Wildman–Crippen MR) is 356 cm³/mol. The molecule has 0 heterocycles. The number of rotatable bonds is 16. The molecule has 0 saturated heterocycles. The first kappa shape index (κ1) is 61.8. The van der Waals surface area contributed by atoms with E-state index in [9.17, 15) is 60.0 Å². The molecule has 0 aliphatic heterocycles. The highest BCUT2D eigenvalue weighted by Gasteiger charge is 2.36. The second kappa shape index (κ2) is 26.3. The summed E-state index contributed by atoms with van der Waals surface area (Å²) in [5.41, 5.74) is 4.40. The standard InChI is InChI=1S/C80H56O16/c81-41-45-1-17-53(18-2-45)93-57-25-9-49(10-26-57)77-61-33-63(71(87)37-69(61)85)78(50-11-27-58(28-12-50)94-54-19-3-46(42-82)4-20-54)65-35-67(75(91)39-73(65)89)80(52-15-31-60(32-16-52)96-56-23-7-48(44-84)8-24-56)68-36-66(74(90)40-76(68)92)79(64-34-62(77)70(86)38-72(64)88)51-13-29-59(30-14-51)95-55-21-5-47(43-83)6-22-55/h1-44,77-80,85-92H. The Labute approximate surface area is 548 Å². The summed E-state index contributed by atoms with van der Waals surface area (Å²) in [5.74, 6) is -5.11. The third kappa shape index (κ3) is 12.6. The molecule has 0 unspecified atom stereocenters. The lowest BCUT2D eigenvalue weighted by Gasteiger charge is -2.30. The second-order valence-corrected chi connectivity index (χ2v) is 23.0. The second-order valence-electron chi connectivity index (χ2n) is 23.0. The van der Waals surface area contributed by atoms with Gasteiger partial charge in [-0.25, -0.2) is 0 Å². The van der Waals surface area contributed by atoms with Gasteiger partial charge in [0.25, 0.3) is 0 Å². The van der Waals surface area contributed by atoms with E-state index in [1.165, 1.54) is 0 Å². The number of hydrogen-bond donors (Lipinski definition) is 8. The number of aromatic hydroxyl groups is 8. The van der Waals surface area contributed by atoms with E-state index in [0.29, 0.717) is 116 Å². The molecule has 0 fully saturated rings. The summed E-state index contributed by atoms with van der Waals surface area (Å²) in [4.78, 5) is 45.9. The molecule has 16 heteroatoms. The van der Waals surface area contributed by atoms with Crippen molar-refractivity contribution in [3.05, 3.63) is 332 Å². The summed E-state index contributed by atoms with van der Waals surface area (Å²) < 4.78 is 24.8. The zero-order chi connectivity index (χ0) is 66.7. The van der Waals surface area contributed by atoms with E-state index < -0.39 is 69.7 Å². The van der Waals surface area contributed by atoms with E-state index in [-0.39, 0.29) is 44.5 Å². The maximum atomic E-state index is 12.5. The molecule has 472 valence electrons. The Morgan fingerprint density at radius 1 is 0.198 bits per heavy atom. The van der Waals surface area contributed by atoms with Crippen LogP contribution in [0.3, 0.4) is 0 Å². The normalized spacial score (nSPS) is 14.8. The van der Waals surface area contributed by atoms with Crippen LogP contribution in [0.4, 0.5) is 0 Å². The molecule has 1 aliphatic rings. The molecule has 0 amide bonds. The Hall–Kier alpha value is -13.1. The Morgan fingerprint density at radius 3 is 0.469 bits per heavy atom. The van der Waals surface area contributed by atoms with Gasteiger partial charge in [0.05, 0.1) is 0 Å². The fourth-order valence-corrected chi connectivity index (χ4v) is 12.3. The van der Waals surface area contributed by atoms with Gasteiger partial charge in [-0.05, 0) is 192 Å². The smallest absolute Gasteiger partial charge is 0.150 e. The van der Waals surface area contributed by atoms with Crippen molar-refractivity contribution < 1.29 is 79.0 Å². The number of benzene rings is 12. The molecule has 0 aromatic heterocycles. The largest absolute Gasteiger partial charge is 0.507 e. The average Bonchev–Trinajstić information content (AvgIpc) is 0.746. The van der Waals surface area contributed by atoms with Gasteiger partial charge in [-0.2, -0.15) is 0 Å². The summed E-state index contributed by atoms with van der Waals surface area (Å²) >= 11 is 0. The lowest BCUT2D eigenvalue weighted by atomic mass is 9.75. The highest BCUT2D eigenvalue weighted by atomic mass is 16.5. The lowest BCUT2D eigenvalue weighted by molar-refractivity contribution is 0.111. The number of hydrogen-bond acceptors (Lipinski definition) is 16. The first-order valence-electron chi connectivity index (χ1n) is 30.2. The highest BCUT2D eigenvalue weighted by molar-refractivity contribution is 5.77. The fourth-order valence-electron chi connectivity index (χ4n) is 12.3. The summed E-state index contributed by atoms with van der Waals surface area (Å²) in [6, 6.07) is 63.8. The van der Waals surface area contributed by atoms with Gasteiger partial charge in [-0.1, -0.05) is 48.5 Å². The van der Waals surface area contributed by atoms with Gasteiger partial charge in [0.2, 0.25) is 0 Å². The molecule has 8 N–H and O–H groups in total. The molecule has 0 saturated carbocycles. The summed E-state index contributed by atoms with van der Waals surface area (Å²) in [6.45, 7) is 0. The maximum Gasteiger partial charge on any atom is 0.150 e. The molecule has 0 atom stereocenters. The van der Waals surface area contributed by atoms with E-state index >= 15 is 0 Å². The van der Waals surface area contributed by atoms with Gasteiger partial charge >= 0.3 is 0 Å². The Morgan fingerprint density at radius 2 is 0.333 bits per heavy atom. The molecular weight excluding hydrogens is 1220 g/mol. The predicted octanol–water partition coefficient (Wildman–Crippen LogP) is 16.8. The van der Waals surface area contributed by atoms with Gasteiger partial charge in [0.1, 0.15) is 117 Å². The van der Waals surface area contributed by atoms with Crippen LogP contribution >= 0.6 is 0 Å². The van der Waals surface area contributed by atoms with Crippen LogP contribution < -0.4 is 18.9 Å². The number of carbonyl (C=O) groups excluding carboxylic acids is 4. The van der Waals surface area contributed by atoms with Crippen molar-refractivity contribution in [3.8, 4) is 92.0 Å². The molecule has 12 aromatic rings. The Balaban J connectivity index is 1.06. The first-order chi connectivity index (χ1) is 46.6. The van der Waals surface area contributed by atoms with E-state index in [2.05, 4.69) is 0 Å². The van der Waals surface area contributed by atoms with Crippen LogP contribution in [0.2, 0.25) is 0 Å². The average molecular weight is 1270 g/mol. The van der Waals surface area contributed by atoms with E-state index in [1.807, 2.05) is 0 Å². The monoisotopic (exact) mass is 1270 g/mol. The molecule has 0 spiro atoms. The lowest BCUT2D eigenvalue weighted by Crippen LogP contribution is -2.13.